The van der Waals surface area contributed by atoms with Gasteiger partial charge in [-0.05, 0) is 73.0 Å². The van der Waals surface area contributed by atoms with Gasteiger partial charge in [0.1, 0.15) is 18.4 Å². The fourth-order valence-electron chi connectivity index (χ4n) is 5.52. The van der Waals surface area contributed by atoms with Crippen LogP contribution in [-0.4, -0.2) is 58.4 Å². The Morgan fingerprint density at radius 3 is 2.29 bits per heavy atom. The number of nitrogens with one attached hydrogen (secondary N) is 3. The van der Waals surface area contributed by atoms with Crippen LogP contribution in [0.15, 0.2) is 79.4 Å². The van der Waals surface area contributed by atoms with Crippen molar-refractivity contribution in [2.24, 2.45) is 0 Å². The summed E-state index contributed by atoms with van der Waals surface area (Å²) < 4.78 is 60.0. The van der Waals surface area contributed by atoms with Crippen LogP contribution in [0.3, 0.4) is 0 Å². The third-order valence-corrected chi connectivity index (χ3v) is 8.01. The van der Waals surface area contributed by atoms with E-state index in [0.29, 0.717) is 38.0 Å². The largest absolute Gasteiger partial charge is 0.427 e. The van der Waals surface area contributed by atoms with Crippen LogP contribution in [0.25, 0.3) is 0 Å². The topological polar surface area (TPSA) is 137 Å². The Hall–Kier alpha value is -5.73. The summed E-state index contributed by atoms with van der Waals surface area (Å²) in [6, 6.07) is 12.6. The summed E-state index contributed by atoms with van der Waals surface area (Å²) >= 11 is 0. The first-order chi connectivity index (χ1) is 22.7. The molecule has 0 radical (unpaired) electrons. The van der Waals surface area contributed by atoms with Crippen molar-refractivity contribution in [2.45, 2.75) is 44.1 Å². The Balaban J connectivity index is 1.28. The van der Waals surface area contributed by atoms with Crippen LogP contribution in [0.5, 0.6) is 0 Å². The molecule has 48 heavy (non-hydrogen) atoms. The first kappa shape index (κ1) is 33.6. The molecule has 1 aliphatic carbocycles. The standard InChI is InChI=1S/C33H29F4N5O6/c1-3-27(43)38-23-5-4-6-24(16-23)39-30(46)40-25-11-12-26-21(15-25)13-14-32(26)29(45)42(31(47)48-32)18-28(44)41(19(2)33(35,36)37)17-20-7-9-22(34)10-8-20/h3-12,15-16,19H,1,13-14,17-18H2,2H3,(H,38,43)(H2,39,40,46)/t19-,32+/m0/s1. The molecule has 3 N–H and O–H groups in total. The molecule has 0 unspecified atom stereocenters. The quantitative estimate of drug-likeness (QED) is 0.198. The number of carbonyl (C=O) groups is 5. The number of amides is 6. The van der Waals surface area contributed by atoms with Crippen molar-refractivity contribution in [2.75, 3.05) is 22.5 Å². The highest BCUT2D eigenvalue weighted by molar-refractivity contribution is 6.07. The molecule has 0 bridgehead atoms. The molecule has 11 nitrogen and oxygen atoms in total. The lowest BCUT2D eigenvalue weighted by Crippen LogP contribution is -2.51. The molecule has 2 aliphatic rings. The van der Waals surface area contributed by atoms with Crippen LogP contribution < -0.4 is 16.0 Å². The zero-order valence-electron chi connectivity index (χ0n) is 25.4. The van der Waals surface area contributed by atoms with E-state index in [9.17, 15) is 41.5 Å². The molecule has 15 heteroatoms. The molecule has 0 saturated carbocycles. The second-order valence-corrected chi connectivity index (χ2v) is 11.2. The van der Waals surface area contributed by atoms with Crippen molar-refractivity contribution in [1.82, 2.24) is 9.80 Å². The first-order valence-corrected chi connectivity index (χ1v) is 14.6. The molecule has 1 saturated heterocycles. The summed E-state index contributed by atoms with van der Waals surface area (Å²) in [7, 11) is 0. The van der Waals surface area contributed by atoms with Crippen LogP contribution in [0.1, 0.15) is 30.0 Å². The number of hydrogen-bond acceptors (Lipinski definition) is 6. The summed E-state index contributed by atoms with van der Waals surface area (Å²) in [6.45, 7) is 2.60. The van der Waals surface area contributed by atoms with Gasteiger partial charge >= 0.3 is 18.3 Å². The van der Waals surface area contributed by atoms with E-state index in [1.54, 1.807) is 24.3 Å². The Morgan fingerprint density at radius 2 is 1.65 bits per heavy atom. The lowest BCUT2D eigenvalue weighted by molar-refractivity contribution is -0.187. The number of ether oxygens (including phenoxy) is 1. The number of urea groups is 1. The SMILES string of the molecule is C=CC(=O)Nc1cccc(NC(=O)Nc2ccc3c(c2)CC[C@@]32OC(=O)N(CC(=O)N(Cc3ccc(F)cc3)[C@@H](C)C(F)(F)F)C2=O)c1. The zero-order valence-corrected chi connectivity index (χ0v) is 25.4. The van der Waals surface area contributed by atoms with E-state index < -0.39 is 66.6 Å². The molecular formula is C33H29F4N5O6. The highest BCUT2D eigenvalue weighted by atomic mass is 19.4. The Labute approximate surface area is 271 Å². The van der Waals surface area contributed by atoms with Gasteiger partial charge in [-0.15, -0.1) is 0 Å². The van der Waals surface area contributed by atoms with Crippen LogP contribution >= 0.6 is 0 Å². The molecule has 250 valence electrons. The van der Waals surface area contributed by atoms with Crippen molar-refractivity contribution < 1.29 is 46.3 Å². The van der Waals surface area contributed by atoms with Crippen LogP contribution in [-0.2, 0) is 37.7 Å². The number of alkyl halides is 3. The molecule has 2 atom stereocenters. The van der Waals surface area contributed by atoms with Crippen molar-refractivity contribution in [3.8, 4) is 0 Å². The number of anilines is 3. The Kier molecular flexibility index (Phi) is 9.23. The number of nitrogens with zero attached hydrogens (tertiary/aromatic N) is 2. The average molecular weight is 668 g/mol. The van der Waals surface area contributed by atoms with Gasteiger partial charge in [-0.2, -0.15) is 13.2 Å². The molecule has 1 fully saturated rings. The van der Waals surface area contributed by atoms with Gasteiger partial charge in [0.25, 0.3) is 5.91 Å². The predicted octanol–water partition coefficient (Wildman–Crippen LogP) is 5.69. The minimum atomic E-state index is -4.83. The molecule has 1 heterocycles. The van der Waals surface area contributed by atoms with E-state index in [2.05, 4.69) is 22.5 Å². The maximum absolute atomic E-state index is 13.7. The van der Waals surface area contributed by atoms with Crippen LogP contribution in [0, 0.1) is 5.82 Å². The lowest BCUT2D eigenvalue weighted by Gasteiger charge is -2.31. The Bertz CT molecular complexity index is 1800. The lowest BCUT2D eigenvalue weighted by atomic mass is 9.94. The van der Waals surface area contributed by atoms with Gasteiger partial charge in [-0.3, -0.25) is 14.4 Å². The molecule has 1 aliphatic heterocycles. The van der Waals surface area contributed by atoms with Crippen LogP contribution in [0.2, 0.25) is 0 Å². The van der Waals surface area contributed by atoms with Crippen molar-refractivity contribution in [1.29, 1.82) is 0 Å². The highest BCUT2D eigenvalue weighted by Crippen LogP contribution is 2.46. The van der Waals surface area contributed by atoms with Crippen molar-refractivity contribution >= 4 is 46.9 Å². The number of hydrogen-bond donors (Lipinski definition) is 3. The number of benzene rings is 3. The highest BCUT2D eigenvalue weighted by Gasteiger charge is 2.58. The summed E-state index contributed by atoms with van der Waals surface area (Å²) in [5.41, 5.74) is 0.471. The normalized spacial score (nSPS) is 17.4. The minimum absolute atomic E-state index is 0.00865. The second-order valence-electron chi connectivity index (χ2n) is 11.2. The van der Waals surface area contributed by atoms with Gasteiger partial charge < -0.3 is 25.6 Å². The zero-order chi connectivity index (χ0) is 34.8. The summed E-state index contributed by atoms with van der Waals surface area (Å²) in [4.78, 5) is 65.0. The van der Waals surface area contributed by atoms with E-state index in [0.717, 1.165) is 25.1 Å². The number of carbonyl (C=O) groups excluding carboxylic acids is 5. The maximum Gasteiger partial charge on any atom is 0.418 e. The first-order valence-electron chi connectivity index (χ1n) is 14.6. The average Bonchev–Trinajstić information content (AvgIpc) is 3.51. The predicted molar refractivity (Wildman–Crippen MR) is 165 cm³/mol. The molecule has 5 rings (SSSR count). The smallest absolute Gasteiger partial charge is 0.418 e. The van der Waals surface area contributed by atoms with E-state index in [-0.39, 0.29) is 18.4 Å². The molecule has 3 aromatic carbocycles. The number of imide groups is 1. The number of fused-ring (bicyclic) bond motifs is 2. The fraction of sp³-hybridized carbons (Fsp3) is 0.242. The fourth-order valence-corrected chi connectivity index (χ4v) is 5.52. The monoisotopic (exact) mass is 667 g/mol. The third-order valence-electron chi connectivity index (χ3n) is 8.01. The number of rotatable bonds is 9. The number of aryl methyl sites for hydroxylation is 1. The summed E-state index contributed by atoms with van der Waals surface area (Å²) in [5, 5.41) is 7.88. The number of halogens is 4. The van der Waals surface area contributed by atoms with Crippen LogP contribution in [0.4, 0.5) is 44.2 Å². The van der Waals surface area contributed by atoms with Gasteiger partial charge in [0.05, 0.1) is 0 Å². The van der Waals surface area contributed by atoms with E-state index in [1.165, 1.54) is 30.3 Å². The molecule has 0 aromatic heterocycles. The molecule has 3 aromatic rings. The van der Waals surface area contributed by atoms with Crippen molar-refractivity contribution in [3.63, 3.8) is 0 Å². The van der Waals surface area contributed by atoms with Gasteiger partial charge in [-0.25, -0.2) is 18.9 Å². The maximum atomic E-state index is 13.7. The van der Waals surface area contributed by atoms with Gasteiger partial charge in [0.15, 0.2) is 0 Å². The molecule has 6 amide bonds. The Morgan fingerprint density at radius 1 is 1.00 bits per heavy atom. The van der Waals surface area contributed by atoms with E-state index >= 15 is 0 Å². The molecular weight excluding hydrogens is 638 g/mol. The minimum Gasteiger partial charge on any atom is -0.427 e. The van der Waals surface area contributed by atoms with E-state index in [1.807, 2.05) is 0 Å². The molecule has 1 spiro atoms. The second kappa shape index (κ2) is 13.2. The summed E-state index contributed by atoms with van der Waals surface area (Å²) in [5.74, 6) is -3.10. The van der Waals surface area contributed by atoms with Gasteiger partial charge in [0, 0.05) is 35.6 Å². The van der Waals surface area contributed by atoms with Gasteiger partial charge in [-0.1, -0.05) is 30.8 Å². The van der Waals surface area contributed by atoms with E-state index in [4.69, 9.17) is 4.74 Å². The van der Waals surface area contributed by atoms with Gasteiger partial charge in [0.2, 0.25) is 17.4 Å². The summed E-state index contributed by atoms with van der Waals surface area (Å²) in [6.07, 6.45) is -4.65. The third kappa shape index (κ3) is 6.99. The van der Waals surface area contributed by atoms with Crippen molar-refractivity contribution in [3.05, 3.63) is 102 Å².